The van der Waals surface area contributed by atoms with Crippen molar-refractivity contribution in [1.29, 1.82) is 0 Å². The van der Waals surface area contributed by atoms with Gasteiger partial charge in [0.25, 0.3) is 0 Å². The molecule has 1 aliphatic rings. The molecular formula is C21H29N3O3S. The number of carbonyl (C=O) groups excluding carboxylic acids is 2. The van der Waals surface area contributed by atoms with Crippen LogP contribution in [0.2, 0.25) is 0 Å². The number of ether oxygens (including phenoxy) is 1. The molecule has 2 amide bonds. The molecule has 1 N–H and O–H groups in total. The molecule has 1 fully saturated rings. The molecule has 2 heterocycles. The average Bonchev–Trinajstić information content (AvgIpc) is 2.96. The summed E-state index contributed by atoms with van der Waals surface area (Å²) in [5.41, 5.74) is 1.01. The van der Waals surface area contributed by atoms with Crippen LogP contribution in [0.3, 0.4) is 0 Å². The molecule has 0 bridgehead atoms. The summed E-state index contributed by atoms with van der Waals surface area (Å²) in [6.07, 6.45) is 2.10. The molecular weight excluding hydrogens is 374 g/mol. The van der Waals surface area contributed by atoms with Gasteiger partial charge in [-0.15, -0.1) is 11.8 Å². The zero-order valence-electron chi connectivity index (χ0n) is 17.0. The zero-order chi connectivity index (χ0) is 20.3. The molecule has 0 aliphatic carbocycles. The van der Waals surface area contributed by atoms with Gasteiger partial charge in [-0.2, -0.15) is 0 Å². The third-order valence-electron chi connectivity index (χ3n) is 4.64. The van der Waals surface area contributed by atoms with Gasteiger partial charge in [-0.25, -0.2) is 0 Å². The predicted molar refractivity (Wildman–Crippen MR) is 113 cm³/mol. The quantitative estimate of drug-likeness (QED) is 0.754. The molecule has 1 aromatic carbocycles. The lowest BCUT2D eigenvalue weighted by Gasteiger charge is -2.35. The molecule has 28 heavy (non-hydrogen) atoms. The Morgan fingerprint density at radius 3 is 2.57 bits per heavy atom. The van der Waals surface area contributed by atoms with Crippen molar-refractivity contribution in [2.24, 2.45) is 0 Å². The highest BCUT2D eigenvalue weighted by molar-refractivity contribution is 8.00. The van der Waals surface area contributed by atoms with E-state index in [0.717, 1.165) is 15.8 Å². The van der Waals surface area contributed by atoms with Crippen molar-refractivity contribution in [2.75, 3.05) is 18.8 Å². The van der Waals surface area contributed by atoms with Crippen LogP contribution in [0.5, 0.6) is 0 Å². The van der Waals surface area contributed by atoms with Crippen LogP contribution in [0, 0.1) is 0 Å². The van der Waals surface area contributed by atoms with Gasteiger partial charge in [0.2, 0.25) is 11.8 Å². The summed E-state index contributed by atoms with van der Waals surface area (Å²) in [7, 11) is 0. The number of hydrogen-bond acceptors (Lipinski definition) is 4. The Labute approximate surface area is 170 Å². The van der Waals surface area contributed by atoms with E-state index in [4.69, 9.17) is 4.74 Å². The van der Waals surface area contributed by atoms with Crippen LogP contribution in [-0.4, -0.2) is 58.4 Å². The monoisotopic (exact) mass is 403 g/mol. The van der Waals surface area contributed by atoms with Crippen molar-refractivity contribution in [3.63, 3.8) is 0 Å². The van der Waals surface area contributed by atoms with Gasteiger partial charge in [-0.1, -0.05) is 18.2 Å². The van der Waals surface area contributed by atoms with Gasteiger partial charge < -0.3 is 19.5 Å². The fourth-order valence-electron chi connectivity index (χ4n) is 3.59. The molecule has 1 aliphatic heterocycles. The molecule has 2 aromatic rings. The van der Waals surface area contributed by atoms with Gasteiger partial charge in [0.15, 0.2) is 0 Å². The lowest BCUT2D eigenvalue weighted by atomic mass is 10.2. The highest BCUT2D eigenvalue weighted by Crippen LogP contribution is 2.30. The first-order valence-electron chi connectivity index (χ1n) is 9.76. The fourth-order valence-corrected chi connectivity index (χ4v) is 4.49. The van der Waals surface area contributed by atoms with Crippen LogP contribution in [0.25, 0.3) is 10.9 Å². The van der Waals surface area contributed by atoms with Gasteiger partial charge in [0.05, 0.1) is 18.0 Å². The van der Waals surface area contributed by atoms with Crippen molar-refractivity contribution in [3.05, 3.63) is 30.5 Å². The topological polar surface area (TPSA) is 63.6 Å². The van der Waals surface area contributed by atoms with Gasteiger partial charge in [0, 0.05) is 41.1 Å². The standard InChI is InChI=1S/C21H29N3O3S/c1-14(2)22-20(25)13-28-19-11-23(18-8-6-5-7-17(18)19)12-21(26)24-9-15(3)27-16(4)10-24/h5-8,11,14-16H,9-10,12-13H2,1-4H3,(H,22,25). The minimum atomic E-state index is 0.0178. The Bertz CT molecular complexity index is 839. The number of rotatable bonds is 6. The first-order chi connectivity index (χ1) is 13.3. The smallest absolute Gasteiger partial charge is 0.242 e. The van der Waals surface area contributed by atoms with E-state index in [1.54, 1.807) is 0 Å². The molecule has 0 spiro atoms. The summed E-state index contributed by atoms with van der Waals surface area (Å²) in [6, 6.07) is 8.15. The van der Waals surface area contributed by atoms with Crippen molar-refractivity contribution in [3.8, 4) is 0 Å². The van der Waals surface area contributed by atoms with Gasteiger partial charge in [-0.3, -0.25) is 9.59 Å². The highest BCUT2D eigenvalue weighted by atomic mass is 32.2. The second-order valence-corrected chi connectivity index (χ2v) is 8.72. The normalized spacial score (nSPS) is 20.0. The number of thioether (sulfide) groups is 1. The van der Waals surface area contributed by atoms with Crippen LogP contribution < -0.4 is 5.32 Å². The minimum absolute atomic E-state index is 0.0178. The van der Waals surface area contributed by atoms with E-state index < -0.39 is 0 Å². The molecule has 0 saturated carbocycles. The number of nitrogens with zero attached hydrogens (tertiary/aromatic N) is 2. The summed E-state index contributed by atoms with van der Waals surface area (Å²) in [6.45, 7) is 9.44. The number of nitrogens with one attached hydrogen (secondary N) is 1. The maximum atomic E-state index is 12.9. The lowest BCUT2D eigenvalue weighted by molar-refractivity contribution is -0.143. The van der Waals surface area contributed by atoms with Gasteiger partial charge in [-0.05, 0) is 33.8 Å². The molecule has 0 radical (unpaired) electrons. The largest absolute Gasteiger partial charge is 0.372 e. The second-order valence-electron chi connectivity index (χ2n) is 7.71. The van der Waals surface area contributed by atoms with Gasteiger partial charge in [0.1, 0.15) is 6.54 Å². The number of morpholine rings is 1. The Kier molecular flexibility index (Phi) is 6.67. The molecule has 7 heteroatoms. The first kappa shape index (κ1) is 20.7. The molecule has 2 unspecified atom stereocenters. The number of amides is 2. The Morgan fingerprint density at radius 2 is 1.89 bits per heavy atom. The maximum Gasteiger partial charge on any atom is 0.242 e. The summed E-state index contributed by atoms with van der Waals surface area (Å²) in [4.78, 5) is 27.8. The highest BCUT2D eigenvalue weighted by Gasteiger charge is 2.26. The summed E-state index contributed by atoms with van der Waals surface area (Å²) >= 11 is 1.51. The van der Waals surface area contributed by atoms with Crippen molar-refractivity contribution >= 4 is 34.5 Å². The van der Waals surface area contributed by atoms with Crippen molar-refractivity contribution in [1.82, 2.24) is 14.8 Å². The van der Waals surface area contributed by atoms with Crippen LogP contribution in [0.15, 0.2) is 35.4 Å². The van der Waals surface area contributed by atoms with Crippen molar-refractivity contribution < 1.29 is 14.3 Å². The Hall–Kier alpha value is -1.99. The molecule has 6 nitrogen and oxygen atoms in total. The predicted octanol–water partition coefficient (Wildman–Crippen LogP) is 2.89. The van der Waals surface area contributed by atoms with Gasteiger partial charge >= 0.3 is 0 Å². The average molecular weight is 404 g/mol. The van der Waals surface area contributed by atoms with E-state index in [0.29, 0.717) is 25.4 Å². The SMILES string of the molecule is CC(C)NC(=O)CSc1cn(CC(=O)N2CC(C)OC(C)C2)c2ccccc12. The zero-order valence-corrected chi connectivity index (χ0v) is 17.8. The van der Waals surface area contributed by atoms with Crippen LogP contribution in [0.4, 0.5) is 0 Å². The number of para-hydroxylation sites is 1. The number of hydrogen-bond donors (Lipinski definition) is 1. The number of aromatic nitrogens is 1. The number of fused-ring (bicyclic) bond motifs is 1. The minimum Gasteiger partial charge on any atom is -0.372 e. The lowest BCUT2D eigenvalue weighted by Crippen LogP contribution is -2.49. The number of benzene rings is 1. The van der Waals surface area contributed by atoms with E-state index in [1.165, 1.54) is 11.8 Å². The third kappa shape index (κ3) is 5.08. The summed E-state index contributed by atoms with van der Waals surface area (Å²) in [5.74, 6) is 0.472. The van der Waals surface area contributed by atoms with Crippen LogP contribution in [-0.2, 0) is 20.9 Å². The van der Waals surface area contributed by atoms with E-state index >= 15 is 0 Å². The number of carbonyl (C=O) groups is 2. The van der Waals surface area contributed by atoms with Crippen molar-refractivity contribution in [2.45, 2.75) is 57.4 Å². The van der Waals surface area contributed by atoms with E-state index in [1.807, 2.05) is 67.6 Å². The molecule has 2 atom stereocenters. The Morgan fingerprint density at radius 1 is 1.21 bits per heavy atom. The molecule has 1 aromatic heterocycles. The summed E-state index contributed by atoms with van der Waals surface area (Å²) in [5, 5.41) is 3.98. The maximum absolute atomic E-state index is 12.9. The molecule has 1 saturated heterocycles. The first-order valence-corrected chi connectivity index (χ1v) is 10.7. The fraction of sp³-hybridized carbons (Fsp3) is 0.524. The van der Waals surface area contributed by atoms with Crippen LogP contribution >= 0.6 is 11.8 Å². The van der Waals surface area contributed by atoms with E-state index in [2.05, 4.69) is 5.32 Å². The second kappa shape index (κ2) is 9.01. The summed E-state index contributed by atoms with van der Waals surface area (Å²) < 4.78 is 7.72. The molecule has 3 rings (SSSR count). The van der Waals surface area contributed by atoms with Crippen LogP contribution in [0.1, 0.15) is 27.7 Å². The third-order valence-corrected chi connectivity index (χ3v) is 5.68. The van der Waals surface area contributed by atoms with E-state index in [-0.39, 0.29) is 30.1 Å². The van der Waals surface area contributed by atoms with E-state index in [9.17, 15) is 9.59 Å². The molecule has 152 valence electrons. The Balaban J connectivity index is 1.74.